The Balaban J connectivity index is 1.81. The van der Waals surface area contributed by atoms with Crippen LogP contribution in [-0.4, -0.2) is 41.5 Å². The van der Waals surface area contributed by atoms with Crippen LogP contribution >= 0.6 is 23.2 Å². The van der Waals surface area contributed by atoms with E-state index in [0.717, 1.165) is 13.1 Å². The second kappa shape index (κ2) is 6.43. The maximum absolute atomic E-state index is 6.12. The van der Waals surface area contributed by atoms with E-state index in [1.807, 2.05) is 4.90 Å². The number of morpholine rings is 1. The van der Waals surface area contributed by atoms with Crippen molar-refractivity contribution in [2.45, 2.75) is 0 Å². The number of rotatable bonds is 3. The molecule has 21 heavy (non-hydrogen) atoms. The molecule has 2 aromatic rings. The van der Waals surface area contributed by atoms with Crippen molar-refractivity contribution in [1.82, 2.24) is 15.2 Å². The van der Waals surface area contributed by atoms with Gasteiger partial charge in [-0.2, -0.15) is 10.1 Å². The maximum Gasteiger partial charge on any atom is 0.247 e. The van der Waals surface area contributed by atoms with Crippen molar-refractivity contribution in [3.8, 4) is 0 Å². The summed E-state index contributed by atoms with van der Waals surface area (Å²) in [5, 5.41) is 12.3. The lowest BCUT2D eigenvalue weighted by Gasteiger charge is -2.26. The lowest BCUT2D eigenvalue weighted by atomic mass is 10.3. The van der Waals surface area contributed by atoms with Gasteiger partial charge in [-0.15, -0.1) is 5.10 Å². The number of nitrogens with zero attached hydrogens (tertiary/aromatic N) is 4. The topological polar surface area (TPSA) is 63.2 Å². The summed E-state index contributed by atoms with van der Waals surface area (Å²) >= 11 is 12.1. The molecule has 8 heteroatoms. The molecule has 0 atom stereocenters. The first-order valence-corrected chi connectivity index (χ1v) is 7.22. The van der Waals surface area contributed by atoms with Crippen molar-refractivity contribution in [2.24, 2.45) is 0 Å². The molecule has 0 amide bonds. The van der Waals surface area contributed by atoms with E-state index in [0.29, 0.717) is 40.7 Å². The zero-order valence-electron chi connectivity index (χ0n) is 11.1. The third-order valence-corrected chi connectivity index (χ3v) is 3.60. The first-order valence-electron chi connectivity index (χ1n) is 6.47. The molecule has 0 aliphatic carbocycles. The van der Waals surface area contributed by atoms with Crippen LogP contribution in [0.15, 0.2) is 24.4 Å². The number of benzene rings is 1. The summed E-state index contributed by atoms with van der Waals surface area (Å²) in [4.78, 5) is 6.48. The number of hydrogen-bond donors (Lipinski definition) is 1. The first kappa shape index (κ1) is 14.3. The Labute approximate surface area is 132 Å². The number of anilines is 3. The minimum absolute atomic E-state index is 0.561. The molecular formula is C13H13Cl2N5O. The van der Waals surface area contributed by atoms with Gasteiger partial charge in [-0.25, -0.2) is 0 Å². The largest absolute Gasteiger partial charge is 0.378 e. The van der Waals surface area contributed by atoms with Crippen molar-refractivity contribution in [3.63, 3.8) is 0 Å². The lowest BCUT2D eigenvalue weighted by Crippen LogP contribution is -2.37. The van der Waals surface area contributed by atoms with Crippen LogP contribution in [-0.2, 0) is 4.74 Å². The summed E-state index contributed by atoms with van der Waals surface area (Å²) < 4.78 is 5.31. The molecule has 6 nitrogen and oxygen atoms in total. The Morgan fingerprint density at radius 3 is 2.81 bits per heavy atom. The Morgan fingerprint density at radius 1 is 1.19 bits per heavy atom. The zero-order valence-corrected chi connectivity index (χ0v) is 12.6. The van der Waals surface area contributed by atoms with Crippen LogP contribution in [0.4, 0.5) is 17.5 Å². The van der Waals surface area contributed by atoms with Gasteiger partial charge in [-0.3, -0.25) is 0 Å². The molecule has 0 unspecified atom stereocenters. The summed E-state index contributed by atoms with van der Waals surface area (Å²) in [6.45, 7) is 2.84. The van der Waals surface area contributed by atoms with E-state index in [9.17, 15) is 0 Å². The molecule has 0 saturated carbocycles. The van der Waals surface area contributed by atoms with E-state index in [4.69, 9.17) is 27.9 Å². The van der Waals surface area contributed by atoms with Crippen molar-refractivity contribution in [2.75, 3.05) is 36.5 Å². The van der Waals surface area contributed by atoms with Crippen LogP contribution in [0.5, 0.6) is 0 Å². The highest BCUT2D eigenvalue weighted by molar-refractivity contribution is 6.35. The molecule has 1 N–H and O–H groups in total. The van der Waals surface area contributed by atoms with Gasteiger partial charge < -0.3 is 15.0 Å². The molecule has 1 aromatic heterocycles. The standard InChI is InChI=1S/C13H13Cl2N5O/c14-9-1-2-10(15)11(7-9)17-12-8-16-19-13(18-12)20-3-5-21-6-4-20/h1-2,7-8H,3-6H2,(H,17,18,19). The fourth-order valence-electron chi connectivity index (χ4n) is 1.98. The number of halogens is 2. The van der Waals surface area contributed by atoms with Gasteiger partial charge in [0.25, 0.3) is 0 Å². The summed E-state index contributed by atoms with van der Waals surface area (Å²) in [5.41, 5.74) is 0.678. The second-order valence-electron chi connectivity index (χ2n) is 4.49. The summed E-state index contributed by atoms with van der Waals surface area (Å²) in [5.74, 6) is 1.14. The van der Waals surface area contributed by atoms with Gasteiger partial charge in [0.2, 0.25) is 5.95 Å². The lowest BCUT2D eigenvalue weighted by molar-refractivity contribution is 0.122. The van der Waals surface area contributed by atoms with E-state index in [1.54, 1.807) is 24.4 Å². The number of nitrogens with one attached hydrogen (secondary N) is 1. The van der Waals surface area contributed by atoms with E-state index < -0.39 is 0 Å². The predicted molar refractivity (Wildman–Crippen MR) is 82.6 cm³/mol. The fraction of sp³-hybridized carbons (Fsp3) is 0.308. The highest BCUT2D eigenvalue weighted by Gasteiger charge is 2.15. The molecule has 3 rings (SSSR count). The molecule has 0 radical (unpaired) electrons. The van der Waals surface area contributed by atoms with Crippen molar-refractivity contribution >= 4 is 40.7 Å². The molecule has 1 saturated heterocycles. The van der Waals surface area contributed by atoms with Crippen molar-refractivity contribution in [3.05, 3.63) is 34.4 Å². The number of hydrogen-bond acceptors (Lipinski definition) is 6. The zero-order chi connectivity index (χ0) is 14.7. The Kier molecular flexibility index (Phi) is 4.38. The van der Waals surface area contributed by atoms with Crippen molar-refractivity contribution in [1.29, 1.82) is 0 Å². The van der Waals surface area contributed by atoms with Crippen LogP contribution in [0.25, 0.3) is 0 Å². The minimum atomic E-state index is 0.561. The molecule has 1 fully saturated rings. The molecule has 1 aliphatic heterocycles. The quantitative estimate of drug-likeness (QED) is 0.936. The third-order valence-electron chi connectivity index (χ3n) is 3.03. The Morgan fingerprint density at radius 2 is 2.00 bits per heavy atom. The first-order chi connectivity index (χ1) is 10.2. The molecule has 110 valence electrons. The third kappa shape index (κ3) is 3.53. The Hall–Kier alpha value is -1.63. The highest BCUT2D eigenvalue weighted by atomic mass is 35.5. The predicted octanol–water partition coefficient (Wildman–Crippen LogP) is 2.76. The summed E-state index contributed by atoms with van der Waals surface area (Å²) in [7, 11) is 0. The van der Waals surface area contributed by atoms with E-state index in [2.05, 4.69) is 20.5 Å². The van der Waals surface area contributed by atoms with Gasteiger partial charge in [0.1, 0.15) is 0 Å². The fourth-order valence-corrected chi connectivity index (χ4v) is 2.32. The van der Waals surface area contributed by atoms with E-state index in [1.165, 1.54) is 0 Å². The Bertz CT molecular complexity index is 634. The van der Waals surface area contributed by atoms with Gasteiger partial charge in [-0.05, 0) is 18.2 Å². The van der Waals surface area contributed by atoms with Gasteiger partial charge in [0, 0.05) is 18.1 Å². The van der Waals surface area contributed by atoms with Gasteiger partial charge >= 0.3 is 0 Å². The van der Waals surface area contributed by atoms with E-state index >= 15 is 0 Å². The molecule has 0 spiro atoms. The second-order valence-corrected chi connectivity index (χ2v) is 5.33. The van der Waals surface area contributed by atoms with Crippen LogP contribution in [0, 0.1) is 0 Å². The van der Waals surface area contributed by atoms with Crippen LogP contribution < -0.4 is 10.2 Å². The average Bonchev–Trinajstić information content (AvgIpc) is 2.52. The van der Waals surface area contributed by atoms with Crippen LogP contribution in [0.1, 0.15) is 0 Å². The summed E-state index contributed by atoms with van der Waals surface area (Å²) in [6, 6.07) is 5.19. The smallest absolute Gasteiger partial charge is 0.247 e. The van der Waals surface area contributed by atoms with Gasteiger partial charge in [0.15, 0.2) is 5.82 Å². The molecule has 2 heterocycles. The average molecular weight is 326 g/mol. The van der Waals surface area contributed by atoms with Gasteiger partial charge in [0.05, 0.1) is 30.1 Å². The maximum atomic E-state index is 6.12. The highest BCUT2D eigenvalue weighted by Crippen LogP contribution is 2.27. The molecule has 0 bridgehead atoms. The van der Waals surface area contributed by atoms with Crippen LogP contribution in [0.2, 0.25) is 10.0 Å². The number of ether oxygens (including phenoxy) is 1. The SMILES string of the molecule is Clc1ccc(Cl)c(Nc2cnnc(N3CCOCC3)n2)c1. The normalized spacial score (nSPS) is 15.0. The van der Waals surface area contributed by atoms with Crippen LogP contribution in [0.3, 0.4) is 0 Å². The minimum Gasteiger partial charge on any atom is -0.378 e. The van der Waals surface area contributed by atoms with E-state index in [-0.39, 0.29) is 0 Å². The van der Waals surface area contributed by atoms with Crippen molar-refractivity contribution < 1.29 is 4.74 Å². The summed E-state index contributed by atoms with van der Waals surface area (Å²) in [6.07, 6.45) is 1.54. The monoisotopic (exact) mass is 325 g/mol. The van der Waals surface area contributed by atoms with Gasteiger partial charge in [-0.1, -0.05) is 23.2 Å². The number of aromatic nitrogens is 3. The molecule has 1 aromatic carbocycles. The molecule has 1 aliphatic rings. The molecular weight excluding hydrogens is 313 g/mol.